The first-order valence-electron chi connectivity index (χ1n) is 6.27. The number of benzene rings is 1. The van der Waals surface area contributed by atoms with Crippen LogP contribution in [0.3, 0.4) is 0 Å². The lowest BCUT2D eigenvalue weighted by Gasteiger charge is -2.34. The zero-order valence-electron chi connectivity index (χ0n) is 10.9. The van der Waals surface area contributed by atoms with Crippen LogP contribution in [0.4, 0.5) is 5.69 Å². The standard InChI is InChI=1S/C13H18N2O4/c1-18-13-3-2-11(15(16)17)6-10(13)8-19-12-4-9(5-12)7-14/h2-3,6,9,12H,4-5,7-8,14H2,1H3. The average molecular weight is 266 g/mol. The van der Waals surface area contributed by atoms with Gasteiger partial charge in [-0.25, -0.2) is 0 Å². The van der Waals surface area contributed by atoms with Crippen LogP contribution in [0.2, 0.25) is 0 Å². The van der Waals surface area contributed by atoms with E-state index < -0.39 is 4.92 Å². The highest BCUT2D eigenvalue weighted by atomic mass is 16.6. The van der Waals surface area contributed by atoms with E-state index in [-0.39, 0.29) is 11.8 Å². The minimum Gasteiger partial charge on any atom is -0.496 e. The minimum atomic E-state index is -0.420. The number of nitrogens with two attached hydrogens (primary N) is 1. The molecule has 1 fully saturated rings. The van der Waals surface area contributed by atoms with Crippen molar-refractivity contribution in [2.75, 3.05) is 13.7 Å². The molecule has 2 N–H and O–H groups in total. The second-order valence-corrected chi connectivity index (χ2v) is 4.76. The molecule has 1 aliphatic rings. The number of non-ortho nitro benzene ring substituents is 1. The van der Waals surface area contributed by atoms with E-state index in [1.807, 2.05) is 0 Å². The molecule has 1 aliphatic carbocycles. The second-order valence-electron chi connectivity index (χ2n) is 4.76. The topological polar surface area (TPSA) is 87.6 Å². The number of ether oxygens (including phenoxy) is 2. The van der Waals surface area contributed by atoms with Crippen LogP contribution >= 0.6 is 0 Å². The summed E-state index contributed by atoms with van der Waals surface area (Å²) in [6.45, 7) is 1.02. The molecule has 1 aromatic carbocycles. The first-order valence-corrected chi connectivity index (χ1v) is 6.27. The Morgan fingerprint density at radius 3 is 2.79 bits per heavy atom. The lowest BCUT2D eigenvalue weighted by atomic mass is 9.82. The molecular weight excluding hydrogens is 248 g/mol. The van der Waals surface area contributed by atoms with Gasteiger partial charge in [-0.05, 0) is 31.4 Å². The summed E-state index contributed by atoms with van der Waals surface area (Å²) in [6.07, 6.45) is 2.14. The molecule has 0 aromatic heterocycles. The maximum absolute atomic E-state index is 10.8. The normalized spacial score (nSPS) is 21.8. The van der Waals surface area contributed by atoms with Gasteiger partial charge in [0.2, 0.25) is 0 Å². The van der Waals surface area contributed by atoms with Crippen molar-refractivity contribution in [3.63, 3.8) is 0 Å². The van der Waals surface area contributed by atoms with Crippen LogP contribution in [0.1, 0.15) is 18.4 Å². The molecule has 0 spiro atoms. The van der Waals surface area contributed by atoms with Gasteiger partial charge >= 0.3 is 0 Å². The summed E-state index contributed by atoms with van der Waals surface area (Å²) < 4.78 is 10.9. The van der Waals surface area contributed by atoms with Crippen molar-refractivity contribution in [3.05, 3.63) is 33.9 Å². The molecule has 0 atom stereocenters. The fourth-order valence-electron chi connectivity index (χ4n) is 2.20. The molecule has 2 rings (SSSR count). The molecule has 0 radical (unpaired) electrons. The van der Waals surface area contributed by atoms with Gasteiger partial charge in [0.05, 0.1) is 24.7 Å². The molecule has 0 bridgehead atoms. The number of nitro benzene ring substituents is 1. The third-order valence-electron chi connectivity index (χ3n) is 3.48. The van der Waals surface area contributed by atoms with Crippen molar-refractivity contribution in [3.8, 4) is 5.75 Å². The lowest BCUT2D eigenvalue weighted by molar-refractivity contribution is -0.385. The number of hydrogen-bond acceptors (Lipinski definition) is 5. The van der Waals surface area contributed by atoms with E-state index in [1.165, 1.54) is 12.1 Å². The Bertz CT molecular complexity index is 458. The molecule has 1 saturated carbocycles. The molecule has 0 saturated heterocycles. The van der Waals surface area contributed by atoms with E-state index in [1.54, 1.807) is 13.2 Å². The molecule has 0 unspecified atom stereocenters. The highest BCUT2D eigenvalue weighted by molar-refractivity contribution is 5.43. The second kappa shape index (κ2) is 5.99. The first kappa shape index (κ1) is 13.8. The van der Waals surface area contributed by atoms with Crippen LogP contribution < -0.4 is 10.5 Å². The van der Waals surface area contributed by atoms with Crippen LogP contribution in [0.5, 0.6) is 5.75 Å². The molecule has 6 nitrogen and oxygen atoms in total. The van der Waals surface area contributed by atoms with Gasteiger partial charge in [-0.1, -0.05) is 0 Å². The quantitative estimate of drug-likeness (QED) is 0.627. The Hall–Kier alpha value is -1.66. The number of methoxy groups -OCH3 is 1. The highest BCUT2D eigenvalue weighted by Crippen LogP contribution is 2.31. The zero-order chi connectivity index (χ0) is 13.8. The average Bonchev–Trinajstić information content (AvgIpc) is 2.36. The van der Waals surface area contributed by atoms with Gasteiger partial charge in [0, 0.05) is 17.7 Å². The Morgan fingerprint density at radius 1 is 1.47 bits per heavy atom. The van der Waals surface area contributed by atoms with Crippen LogP contribution in [-0.2, 0) is 11.3 Å². The molecule has 6 heteroatoms. The third kappa shape index (κ3) is 3.21. The fraction of sp³-hybridized carbons (Fsp3) is 0.538. The Labute approximate surface area is 111 Å². The van der Waals surface area contributed by atoms with Gasteiger partial charge in [0.1, 0.15) is 5.75 Å². The van der Waals surface area contributed by atoms with Crippen LogP contribution in [0.25, 0.3) is 0 Å². The van der Waals surface area contributed by atoms with E-state index in [0.717, 1.165) is 12.8 Å². The van der Waals surface area contributed by atoms with Gasteiger partial charge < -0.3 is 15.2 Å². The Kier molecular flexibility index (Phi) is 4.34. The predicted octanol–water partition coefficient (Wildman–Crippen LogP) is 1.86. The van der Waals surface area contributed by atoms with E-state index in [9.17, 15) is 10.1 Å². The smallest absolute Gasteiger partial charge is 0.270 e. The highest BCUT2D eigenvalue weighted by Gasteiger charge is 2.28. The third-order valence-corrected chi connectivity index (χ3v) is 3.48. The Balaban J connectivity index is 1.98. The van der Waals surface area contributed by atoms with Gasteiger partial charge in [-0.2, -0.15) is 0 Å². The lowest BCUT2D eigenvalue weighted by Crippen LogP contribution is -2.35. The molecule has 0 aliphatic heterocycles. The van der Waals surface area contributed by atoms with Gasteiger partial charge in [0.25, 0.3) is 5.69 Å². The molecule has 1 aromatic rings. The summed E-state index contributed by atoms with van der Waals surface area (Å²) in [5.41, 5.74) is 6.30. The number of hydrogen-bond donors (Lipinski definition) is 1. The SMILES string of the molecule is COc1ccc([N+](=O)[O-])cc1COC1CC(CN)C1. The van der Waals surface area contributed by atoms with Gasteiger partial charge in [-0.15, -0.1) is 0 Å². The molecule has 0 amide bonds. The predicted molar refractivity (Wildman–Crippen MR) is 70.0 cm³/mol. The fourth-order valence-corrected chi connectivity index (χ4v) is 2.20. The number of nitrogens with zero attached hydrogens (tertiary/aromatic N) is 1. The number of nitro groups is 1. The summed E-state index contributed by atoms with van der Waals surface area (Å²) >= 11 is 0. The maximum atomic E-state index is 10.8. The molecule has 0 heterocycles. The van der Waals surface area contributed by atoms with Crippen molar-refractivity contribution < 1.29 is 14.4 Å². The summed E-state index contributed by atoms with van der Waals surface area (Å²) in [6, 6.07) is 4.52. The monoisotopic (exact) mass is 266 g/mol. The zero-order valence-corrected chi connectivity index (χ0v) is 10.9. The molecule has 19 heavy (non-hydrogen) atoms. The summed E-state index contributed by atoms with van der Waals surface area (Å²) in [4.78, 5) is 10.3. The van der Waals surface area contributed by atoms with Gasteiger partial charge in [-0.3, -0.25) is 10.1 Å². The van der Waals surface area contributed by atoms with Crippen molar-refractivity contribution in [2.45, 2.75) is 25.6 Å². The largest absolute Gasteiger partial charge is 0.496 e. The Morgan fingerprint density at radius 2 is 2.21 bits per heavy atom. The summed E-state index contributed by atoms with van der Waals surface area (Å²) in [7, 11) is 1.54. The van der Waals surface area contributed by atoms with Crippen molar-refractivity contribution in [1.82, 2.24) is 0 Å². The van der Waals surface area contributed by atoms with Gasteiger partial charge in [0.15, 0.2) is 0 Å². The summed E-state index contributed by atoms with van der Waals surface area (Å²) in [5.74, 6) is 1.16. The summed E-state index contributed by atoms with van der Waals surface area (Å²) in [5, 5.41) is 10.8. The van der Waals surface area contributed by atoms with Crippen molar-refractivity contribution in [1.29, 1.82) is 0 Å². The van der Waals surface area contributed by atoms with Crippen molar-refractivity contribution in [2.24, 2.45) is 11.7 Å². The molecule has 104 valence electrons. The van der Waals surface area contributed by atoms with E-state index in [2.05, 4.69) is 0 Å². The minimum absolute atomic E-state index is 0.0489. The maximum Gasteiger partial charge on any atom is 0.270 e. The van der Waals surface area contributed by atoms with Crippen LogP contribution in [0.15, 0.2) is 18.2 Å². The van der Waals surface area contributed by atoms with Crippen molar-refractivity contribution >= 4 is 5.69 Å². The van der Waals surface area contributed by atoms with E-state index in [4.69, 9.17) is 15.2 Å². The molecular formula is C13H18N2O4. The van der Waals surface area contributed by atoms with E-state index in [0.29, 0.717) is 30.4 Å². The first-order chi connectivity index (χ1) is 9.13. The van der Waals surface area contributed by atoms with Crippen LogP contribution in [0, 0.1) is 16.0 Å². The van der Waals surface area contributed by atoms with Crippen LogP contribution in [-0.4, -0.2) is 24.7 Å². The van der Waals surface area contributed by atoms with E-state index >= 15 is 0 Å². The number of rotatable bonds is 6.